The summed E-state index contributed by atoms with van der Waals surface area (Å²) in [5.74, 6) is 0.552. The number of rotatable bonds is 3. The lowest BCUT2D eigenvalue weighted by Crippen LogP contribution is -2.43. The number of thioether (sulfide) groups is 1. The molecule has 1 heterocycles. The van der Waals surface area contributed by atoms with Crippen molar-refractivity contribution in [2.24, 2.45) is 0 Å². The molecule has 0 atom stereocenters. The average molecular weight is 280 g/mol. The van der Waals surface area contributed by atoms with E-state index in [9.17, 15) is 9.59 Å². The maximum absolute atomic E-state index is 12.1. The third kappa shape index (κ3) is 3.41. The maximum Gasteiger partial charge on any atom is 0.321 e. The van der Waals surface area contributed by atoms with Gasteiger partial charge in [0.15, 0.2) is 0 Å². The Hall–Kier alpha value is -1.69. The zero-order valence-electron chi connectivity index (χ0n) is 10.7. The predicted octanol–water partition coefficient (Wildman–Crippen LogP) is 1.87. The first-order valence-electron chi connectivity index (χ1n) is 6.06. The lowest BCUT2D eigenvalue weighted by Gasteiger charge is -2.28. The van der Waals surface area contributed by atoms with Gasteiger partial charge in [-0.05, 0) is 12.1 Å². The number of urea groups is 1. The van der Waals surface area contributed by atoms with Gasteiger partial charge < -0.3 is 10.1 Å². The summed E-state index contributed by atoms with van der Waals surface area (Å²) in [7, 11) is 1.34. The Morgan fingerprint density at radius 2 is 2.21 bits per heavy atom. The van der Waals surface area contributed by atoms with Crippen LogP contribution in [0.4, 0.5) is 10.5 Å². The van der Waals surface area contributed by atoms with Crippen LogP contribution in [0.25, 0.3) is 0 Å². The highest BCUT2D eigenvalue weighted by Crippen LogP contribution is 2.34. The Balaban J connectivity index is 1.95. The van der Waals surface area contributed by atoms with Crippen molar-refractivity contribution in [1.29, 1.82) is 0 Å². The molecular formula is C13H16N2O3S. The van der Waals surface area contributed by atoms with E-state index in [-0.39, 0.29) is 25.0 Å². The summed E-state index contributed by atoms with van der Waals surface area (Å²) in [5.41, 5.74) is 0.925. The summed E-state index contributed by atoms with van der Waals surface area (Å²) in [6, 6.07) is 7.65. The largest absolute Gasteiger partial charge is 0.469 e. The van der Waals surface area contributed by atoms with Crippen molar-refractivity contribution in [2.45, 2.75) is 11.3 Å². The number of fused-ring (bicyclic) bond motifs is 1. The zero-order chi connectivity index (χ0) is 13.7. The summed E-state index contributed by atoms with van der Waals surface area (Å²) in [4.78, 5) is 25.9. The van der Waals surface area contributed by atoms with Crippen LogP contribution in [0, 0.1) is 0 Å². The number of carbonyl (C=O) groups excluding carboxylic acids is 2. The van der Waals surface area contributed by atoms with Gasteiger partial charge >= 0.3 is 12.0 Å². The molecule has 1 aliphatic heterocycles. The van der Waals surface area contributed by atoms with Gasteiger partial charge in [0.05, 0.1) is 19.2 Å². The van der Waals surface area contributed by atoms with E-state index in [1.807, 2.05) is 24.3 Å². The van der Waals surface area contributed by atoms with Gasteiger partial charge in [-0.25, -0.2) is 4.79 Å². The third-order valence-electron chi connectivity index (χ3n) is 2.81. The number of nitrogens with zero attached hydrogens (tertiary/aromatic N) is 1. The van der Waals surface area contributed by atoms with Gasteiger partial charge in [-0.15, -0.1) is 11.8 Å². The van der Waals surface area contributed by atoms with E-state index in [1.165, 1.54) is 7.11 Å². The van der Waals surface area contributed by atoms with E-state index in [0.717, 1.165) is 16.3 Å². The smallest absolute Gasteiger partial charge is 0.321 e. The number of carbonyl (C=O) groups is 2. The second-order valence-corrected chi connectivity index (χ2v) is 5.16. The summed E-state index contributed by atoms with van der Waals surface area (Å²) >= 11 is 1.75. The second kappa shape index (κ2) is 6.47. The Morgan fingerprint density at radius 3 is 3.00 bits per heavy atom. The van der Waals surface area contributed by atoms with Crippen LogP contribution in [0.5, 0.6) is 0 Å². The Kier molecular flexibility index (Phi) is 4.68. The van der Waals surface area contributed by atoms with Gasteiger partial charge in [0.25, 0.3) is 0 Å². The highest BCUT2D eigenvalue weighted by molar-refractivity contribution is 7.99. The molecule has 0 saturated heterocycles. The van der Waals surface area contributed by atoms with Crippen LogP contribution in [0.2, 0.25) is 0 Å². The maximum atomic E-state index is 12.1. The molecule has 0 unspecified atom stereocenters. The van der Waals surface area contributed by atoms with Crippen LogP contribution in [0.15, 0.2) is 29.2 Å². The Morgan fingerprint density at radius 1 is 1.42 bits per heavy atom. The van der Waals surface area contributed by atoms with Crippen molar-refractivity contribution in [2.75, 3.05) is 30.9 Å². The van der Waals surface area contributed by atoms with E-state index >= 15 is 0 Å². The molecular weight excluding hydrogens is 264 g/mol. The molecule has 0 spiro atoms. The van der Waals surface area contributed by atoms with Crippen LogP contribution in [-0.4, -0.2) is 38.0 Å². The normalized spacial score (nSPS) is 13.6. The van der Waals surface area contributed by atoms with Crippen LogP contribution in [0.1, 0.15) is 6.42 Å². The summed E-state index contributed by atoms with van der Waals surface area (Å²) in [6.07, 6.45) is 0.187. The number of benzene rings is 1. The van der Waals surface area contributed by atoms with Crippen LogP contribution in [-0.2, 0) is 9.53 Å². The number of anilines is 1. The molecule has 0 bridgehead atoms. The summed E-state index contributed by atoms with van der Waals surface area (Å²) < 4.78 is 4.53. The fourth-order valence-electron chi connectivity index (χ4n) is 1.85. The first kappa shape index (κ1) is 13.7. The molecule has 1 N–H and O–H groups in total. The highest BCUT2D eigenvalue weighted by atomic mass is 32.2. The summed E-state index contributed by atoms with van der Waals surface area (Å²) in [6.45, 7) is 0.961. The molecule has 1 aromatic carbocycles. The number of para-hydroxylation sites is 1. The van der Waals surface area contributed by atoms with Crippen LogP contribution in [0.3, 0.4) is 0 Å². The van der Waals surface area contributed by atoms with Gasteiger partial charge in [0, 0.05) is 23.7 Å². The first-order chi connectivity index (χ1) is 9.22. The Labute approximate surface area is 116 Å². The first-order valence-corrected chi connectivity index (χ1v) is 7.05. The molecule has 1 aliphatic rings. The van der Waals surface area contributed by atoms with Crippen LogP contribution < -0.4 is 10.2 Å². The molecule has 5 nitrogen and oxygen atoms in total. The van der Waals surface area contributed by atoms with E-state index in [4.69, 9.17) is 0 Å². The van der Waals surface area contributed by atoms with Gasteiger partial charge in [-0.1, -0.05) is 12.1 Å². The molecule has 0 aliphatic carbocycles. The minimum Gasteiger partial charge on any atom is -0.469 e. The molecule has 102 valence electrons. The summed E-state index contributed by atoms with van der Waals surface area (Å²) in [5, 5.41) is 2.74. The van der Waals surface area contributed by atoms with Crippen molar-refractivity contribution < 1.29 is 14.3 Å². The minimum absolute atomic E-state index is 0.170. The van der Waals surface area contributed by atoms with Crippen molar-refractivity contribution in [3.8, 4) is 0 Å². The van der Waals surface area contributed by atoms with Crippen LogP contribution >= 0.6 is 11.8 Å². The van der Waals surface area contributed by atoms with Gasteiger partial charge in [-0.3, -0.25) is 9.69 Å². The van der Waals surface area contributed by atoms with E-state index in [1.54, 1.807) is 16.7 Å². The van der Waals surface area contributed by atoms with Gasteiger partial charge in [0.2, 0.25) is 0 Å². The lowest BCUT2D eigenvalue weighted by molar-refractivity contribution is -0.140. The number of hydrogen-bond acceptors (Lipinski definition) is 4. The molecule has 0 fully saturated rings. The quantitative estimate of drug-likeness (QED) is 0.859. The number of nitrogens with one attached hydrogen (secondary N) is 1. The third-order valence-corrected chi connectivity index (χ3v) is 3.85. The fraction of sp³-hybridized carbons (Fsp3) is 0.385. The van der Waals surface area contributed by atoms with Gasteiger partial charge in [0.1, 0.15) is 0 Å². The molecule has 0 aromatic heterocycles. The van der Waals surface area contributed by atoms with E-state index < -0.39 is 0 Å². The SMILES string of the molecule is COC(=O)CCNC(=O)N1CCSc2ccccc21. The van der Waals surface area contributed by atoms with Crippen molar-refractivity contribution in [3.63, 3.8) is 0 Å². The second-order valence-electron chi connectivity index (χ2n) is 4.03. The predicted molar refractivity (Wildman–Crippen MR) is 74.5 cm³/mol. The molecule has 19 heavy (non-hydrogen) atoms. The van der Waals surface area contributed by atoms with Crippen molar-refractivity contribution >= 4 is 29.4 Å². The molecule has 0 saturated carbocycles. The van der Waals surface area contributed by atoms with E-state index in [2.05, 4.69) is 10.1 Å². The molecule has 6 heteroatoms. The Bertz CT molecular complexity index is 479. The van der Waals surface area contributed by atoms with Crippen molar-refractivity contribution in [3.05, 3.63) is 24.3 Å². The monoisotopic (exact) mass is 280 g/mol. The number of methoxy groups -OCH3 is 1. The molecule has 2 amide bonds. The molecule has 1 aromatic rings. The number of hydrogen-bond donors (Lipinski definition) is 1. The lowest BCUT2D eigenvalue weighted by atomic mass is 10.3. The minimum atomic E-state index is -0.324. The van der Waals surface area contributed by atoms with Crippen molar-refractivity contribution in [1.82, 2.24) is 5.32 Å². The topological polar surface area (TPSA) is 58.6 Å². The molecule has 0 radical (unpaired) electrons. The number of amides is 2. The highest BCUT2D eigenvalue weighted by Gasteiger charge is 2.22. The number of esters is 1. The average Bonchev–Trinajstić information content (AvgIpc) is 2.46. The molecule has 2 rings (SSSR count). The number of ether oxygens (including phenoxy) is 1. The van der Waals surface area contributed by atoms with E-state index in [0.29, 0.717) is 6.54 Å². The fourth-order valence-corrected chi connectivity index (χ4v) is 2.84. The van der Waals surface area contributed by atoms with Gasteiger partial charge in [-0.2, -0.15) is 0 Å². The zero-order valence-corrected chi connectivity index (χ0v) is 11.5. The standard InChI is InChI=1S/C13H16N2O3S/c1-18-12(16)6-7-14-13(17)15-8-9-19-11-5-3-2-4-10(11)15/h2-5H,6-9H2,1H3,(H,14,17).